The number of halogens is 1. The largest absolute Gasteiger partial charge is 0.301 e. The topological polar surface area (TPSA) is 38.1 Å². The molecule has 0 radical (unpaired) electrons. The monoisotopic (exact) mass is 439 g/mol. The molecule has 0 spiro atoms. The number of nitrogens with zero attached hydrogens (tertiary/aromatic N) is 3. The number of piperidine rings is 2. The SMILES string of the molecule is O=c1c(Cl)nc2ccccc2n1C1C[C@H]2CCC[C@@H](C1)N2C1C[C@H]2CCCC[C@@H](C1)C2. The van der Waals surface area contributed by atoms with Crippen LogP contribution in [-0.4, -0.2) is 32.6 Å². The molecule has 4 bridgehead atoms. The maximum absolute atomic E-state index is 13.1. The van der Waals surface area contributed by atoms with E-state index in [0.29, 0.717) is 12.1 Å². The first-order valence-corrected chi connectivity index (χ1v) is 13.0. The Bertz CT molecular complexity index is 991. The maximum Gasteiger partial charge on any atom is 0.288 e. The number of hydrogen-bond acceptors (Lipinski definition) is 3. The third-order valence-electron chi connectivity index (χ3n) is 8.90. The Morgan fingerprint density at radius 3 is 2.16 bits per heavy atom. The summed E-state index contributed by atoms with van der Waals surface area (Å²) in [6, 6.07) is 10.2. The molecule has 166 valence electrons. The summed E-state index contributed by atoms with van der Waals surface area (Å²) in [7, 11) is 0. The van der Waals surface area contributed by atoms with Gasteiger partial charge >= 0.3 is 0 Å². The van der Waals surface area contributed by atoms with Gasteiger partial charge < -0.3 is 4.57 Å². The number of hydrogen-bond donors (Lipinski definition) is 0. The van der Waals surface area contributed by atoms with Gasteiger partial charge in [-0.25, -0.2) is 4.98 Å². The smallest absolute Gasteiger partial charge is 0.288 e. The molecule has 1 aromatic heterocycles. The van der Waals surface area contributed by atoms with Gasteiger partial charge in [-0.3, -0.25) is 9.69 Å². The zero-order valence-electron chi connectivity index (χ0n) is 18.4. The van der Waals surface area contributed by atoms with Gasteiger partial charge in [0.2, 0.25) is 0 Å². The first-order chi connectivity index (χ1) is 15.2. The van der Waals surface area contributed by atoms with Crippen LogP contribution in [0.25, 0.3) is 11.0 Å². The summed E-state index contributed by atoms with van der Waals surface area (Å²) in [4.78, 5) is 20.4. The number of benzene rings is 1. The molecule has 2 saturated heterocycles. The summed E-state index contributed by atoms with van der Waals surface area (Å²) in [5.41, 5.74) is 1.66. The molecule has 4 aliphatic rings. The predicted molar refractivity (Wildman–Crippen MR) is 126 cm³/mol. The molecule has 2 aliphatic carbocycles. The van der Waals surface area contributed by atoms with Crippen molar-refractivity contribution in [2.75, 3.05) is 0 Å². The summed E-state index contributed by atoms with van der Waals surface area (Å²) >= 11 is 6.30. The minimum atomic E-state index is -0.111. The zero-order valence-corrected chi connectivity index (χ0v) is 19.1. The lowest BCUT2D eigenvalue weighted by Crippen LogP contribution is -2.58. The van der Waals surface area contributed by atoms with Crippen LogP contribution >= 0.6 is 11.6 Å². The summed E-state index contributed by atoms with van der Waals surface area (Å²) < 4.78 is 1.99. The predicted octanol–water partition coefficient (Wildman–Crippen LogP) is 5.97. The van der Waals surface area contributed by atoms with Crippen LogP contribution in [0, 0.1) is 11.8 Å². The van der Waals surface area contributed by atoms with Gasteiger partial charge in [-0.1, -0.05) is 55.8 Å². The summed E-state index contributed by atoms with van der Waals surface area (Å²) in [6.07, 6.45) is 16.2. The minimum absolute atomic E-state index is 0.111. The fourth-order valence-corrected chi connectivity index (χ4v) is 7.98. The van der Waals surface area contributed by atoms with Crippen LogP contribution in [0.1, 0.15) is 83.1 Å². The number of aromatic nitrogens is 2. The molecule has 3 heterocycles. The van der Waals surface area contributed by atoms with E-state index in [9.17, 15) is 4.79 Å². The Balaban J connectivity index is 1.31. The fraction of sp³-hybridized carbons (Fsp3) is 0.692. The van der Waals surface area contributed by atoms with E-state index in [1.807, 2.05) is 28.8 Å². The van der Waals surface area contributed by atoms with Gasteiger partial charge in [0, 0.05) is 24.2 Å². The van der Waals surface area contributed by atoms with Crippen LogP contribution in [0.5, 0.6) is 0 Å². The quantitative estimate of drug-likeness (QED) is 0.578. The molecule has 2 aromatic rings. The molecule has 4 nitrogen and oxygen atoms in total. The van der Waals surface area contributed by atoms with E-state index in [1.165, 1.54) is 64.2 Å². The molecule has 2 aliphatic heterocycles. The average Bonchev–Trinajstić information content (AvgIpc) is 2.93. The molecule has 6 rings (SSSR count). The normalized spacial score (nSPS) is 36.3. The van der Waals surface area contributed by atoms with E-state index in [4.69, 9.17) is 11.6 Å². The van der Waals surface area contributed by atoms with Crippen molar-refractivity contribution in [1.82, 2.24) is 14.5 Å². The van der Waals surface area contributed by atoms with Crippen LogP contribution in [0.3, 0.4) is 0 Å². The van der Waals surface area contributed by atoms with Crippen LogP contribution in [0.4, 0.5) is 0 Å². The number of rotatable bonds is 2. The highest BCUT2D eigenvalue weighted by Gasteiger charge is 2.45. The van der Waals surface area contributed by atoms with E-state index < -0.39 is 0 Å². The Labute approximate surface area is 190 Å². The lowest BCUT2D eigenvalue weighted by molar-refractivity contribution is -0.0420. The van der Waals surface area contributed by atoms with Crippen LogP contribution in [0.15, 0.2) is 29.1 Å². The van der Waals surface area contributed by atoms with Crippen molar-refractivity contribution in [1.29, 1.82) is 0 Å². The minimum Gasteiger partial charge on any atom is -0.301 e. The van der Waals surface area contributed by atoms with E-state index >= 15 is 0 Å². The molecule has 4 fully saturated rings. The van der Waals surface area contributed by atoms with Gasteiger partial charge in [0.1, 0.15) is 0 Å². The Morgan fingerprint density at radius 1 is 0.774 bits per heavy atom. The van der Waals surface area contributed by atoms with Crippen LogP contribution in [0.2, 0.25) is 5.15 Å². The molecular weight excluding hydrogens is 406 g/mol. The molecule has 0 N–H and O–H groups in total. The summed E-state index contributed by atoms with van der Waals surface area (Å²) in [6.45, 7) is 0. The van der Waals surface area contributed by atoms with Crippen molar-refractivity contribution in [2.24, 2.45) is 11.8 Å². The lowest BCUT2D eigenvalue weighted by Gasteiger charge is -2.54. The van der Waals surface area contributed by atoms with E-state index in [2.05, 4.69) is 9.88 Å². The first kappa shape index (κ1) is 20.2. The lowest BCUT2D eigenvalue weighted by atomic mass is 9.73. The molecule has 1 aromatic carbocycles. The molecule has 2 saturated carbocycles. The zero-order chi connectivity index (χ0) is 20.9. The average molecular weight is 440 g/mol. The van der Waals surface area contributed by atoms with Gasteiger partial charge in [0.25, 0.3) is 5.56 Å². The molecule has 2 unspecified atom stereocenters. The third-order valence-corrected chi connectivity index (χ3v) is 9.15. The molecule has 6 atom stereocenters. The van der Waals surface area contributed by atoms with Gasteiger partial charge in [0.15, 0.2) is 5.15 Å². The van der Waals surface area contributed by atoms with Crippen molar-refractivity contribution in [3.63, 3.8) is 0 Å². The third kappa shape index (κ3) is 3.64. The second-order valence-corrected chi connectivity index (χ2v) is 11.1. The fourth-order valence-electron chi connectivity index (χ4n) is 7.79. The molecule has 31 heavy (non-hydrogen) atoms. The Hall–Kier alpha value is -1.39. The summed E-state index contributed by atoms with van der Waals surface area (Å²) in [5.74, 6) is 1.91. The summed E-state index contributed by atoms with van der Waals surface area (Å²) in [5, 5.41) is 0.114. The van der Waals surface area contributed by atoms with Crippen LogP contribution in [-0.2, 0) is 0 Å². The van der Waals surface area contributed by atoms with Gasteiger partial charge in [0.05, 0.1) is 11.0 Å². The van der Waals surface area contributed by atoms with Crippen molar-refractivity contribution in [2.45, 2.75) is 101 Å². The van der Waals surface area contributed by atoms with Gasteiger partial charge in [-0.05, 0) is 68.9 Å². The first-order valence-electron chi connectivity index (χ1n) is 12.6. The van der Waals surface area contributed by atoms with E-state index in [0.717, 1.165) is 41.8 Å². The standard InChI is InChI=1S/C26H34ClN3O/c27-25-26(31)30(24-11-4-3-10-23(24)28-25)22-15-19-8-5-9-20(16-22)29(19)21-13-17-6-1-2-7-18(12-17)14-21/h3-4,10-11,17-22H,1-2,5-9,12-16H2/t17-,18+,19-,20+,21?,22?. The Morgan fingerprint density at radius 2 is 1.45 bits per heavy atom. The molecular formula is C26H34ClN3O. The van der Waals surface area contributed by atoms with Crippen molar-refractivity contribution in [3.8, 4) is 0 Å². The van der Waals surface area contributed by atoms with Crippen molar-refractivity contribution >= 4 is 22.6 Å². The Kier molecular flexibility index (Phi) is 5.34. The maximum atomic E-state index is 13.1. The van der Waals surface area contributed by atoms with Gasteiger partial charge in [-0.2, -0.15) is 0 Å². The van der Waals surface area contributed by atoms with E-state index in [-0.39, 0.29) is 16.8 Å². The van der Waals surface area contributed by atoms with Gasteiger partial charge in [-0.15, -0.1) is 0 Å². The molecule has 5 heteroatoms. The van der Waals surface area contributed by atoms with Crippen molar-refractivity contribution in [3.05, 3.63) is 39.8 Å². The second kappa shape index (κ2) is 8.19. The highest BCUT2D eigenvalue weighted by Crippen LogP contribution is 2.46. The number of fused-ring (bicyclic) bond motifs is 5. The van der Waals surface area contributed by atoms with Crippen LogP contribution < -0.4 is 5.56 Å². The van der Waals surface area contributed by atoms with Crippen molar-refractivity contribution < 1.29 is 0 Å². The van der Waals surface area contributed by atoms with E-state index in [1.54, 1.807) is 0 Å². The second-order valence-electron chi connectivity index (χ2n) is 10.8. The highest BCUT2D eigenvalue weighted by atomic mass is 35.5. The highest BCUT2D eigenvalue weighted by molar-refractivity contribution is 6.29. The number of para-hydroxylation sites is 2. The molecule has 0 amide bonds.